The molecule has 3 heterocycles. The first-order valence-electron chi connectivity index (χ1n) is 6.62. The van der Waals surface area contributed by atoms with Crippen LogP contribution in [-0.2, 0) is 9.53 Å². The van der Waals surface area contributed by atoms with Crippen LogP contribution in [0.15, 0.2) is 11.4 Å². The third kappa shape index (κ3) is 2.62. The number of azide groups is 1. The molecule has 1 fully saturated rings. The van der Waals surface area contributed by atoms with Gasteiger partial charge in [0.25, 0.3) is 0 Å². The molecule has 3 rings (SSSR count). The zero-order chi connectivity index (χ0) is 17.4. The van der Waals surface area contributed by atoms with E-state index < -0.39 is 30.4 Å². The second-order valence-electron chi connectivity index (χ2n) is 4.86. The van der Waals surface area contributed by atoms with Crippen molar-refractivity contribution < 1.29 is 14.6 Å². The van der Waals surface area contributed by atoms with E-state index in [9.17, 15) is 9.90 Å². The van der Waals surface area contributed by atoms with E-state index in [1.807, 2.05) is 0 Å². The summed E-state index contributed by atoms with van der Waals surface area (Å²) in [4.78, 5) is 26.4. The number of carbonyl (C=O) groups excluding carboxylic acids is 1. The van der Waals surface area contributed by atoms with Crippen molar-refractivity contribution >= 4 is 40.3 Å². The molecular weight excluding hydrogens is 363 g/mol. The van der Waals surface area contributed by atoms with Gasteiger partial charge in [-0.05, 0) is 17.1 Å². The van der Waals surface area contributed by atoms with Gasteiger partial charge in [0, 0.05) is 12.0 Å². The lowest BCUT2D eigenvalue weighted by Gasteiger charge is -2.16. The monoisotopic (exact) mass is 372 g/mol. The number of carbonyl (C=O) groups is 1. The van der Waals surface area contributed by atoms with Crippen molar-refractivity contribution in [1.82, 2.24) is 24.8 Å². The van der Waals surface area contributed by atoms with Crippen LogP contribution in [0.2, 0.25) is 10.4 Å². The average Bonchev–Trinajstić information content (AvgIpc) is 3.09. The molecule has 0 unspecified atom stereocenters. The fourth-order valence-corrected chi connectivity index (χ4v) is 2.90. The first kappa shape index (κ1) is 16.7. The third-order valence-electron chi connectivity index (χ3n) is 3.55. The number of nitrogens with one attached hydrogen (secondary N) is 1. The van der Waals surface area contributed by atoms with Crippen LogP contribution in [0, 0.1) is 0 Å². The van der Waals surface area contributed by atoms with Crippen LogP contribution in [0.4, 0.5) is 0 Å². The minimum Gasteiger partial charge on any atom is -0.388 e. The number of aromatic nitrogens is 4. The van der Waals surface area contributed by atoms with Crippen molar-refractivity contribution in [1.29, 1.82) is 0 Å². The number of aliphatic hydroxyl groups is 1. The minimum absolute atomic E-state index is 0.0330. The Hall–Kier alpha value is -2.17. The molecule has 2 aromatic heterocycles. The van der Waals surface area contributed by atoms with E-state index in [-0.39, 0.29) is 21.6 Å². The Labute approximate surface area is 144 Å². The molecule has 1 aliphatic heterocycles. The second kappa shape index (κ2) is 6.38. The Morgan fingerprint density at radius 2 is 2.29 bits per heavy atom. The molecule has 0 saturated carbocycles. The Kier molecular flexibility index (Phi) is 4.43. The van der Waals surface area contributed by atoms with Crippen molar-refractivity contribution in [3.05, 3.63) is 27.2 Å². The molecule has 24 heavy (non-hydrogen) atoms. The van der Waals surface area contributed by atoms with E-state index in [0.717, 1.165) is 0 Å². The molecule has 2 aromatic rings. The quantitative estimate of drug-likeness (QED) is 0.267. The lowest BCUT2D eigenvalue weighted by atomic mass is 10.1. The summed E-state index contributed by atoms with van der Waals surface area (Å²) < 4.78 is 6.92. The topological polar surface area (TPSA) is 151 Å². The minimum atomic E-state index is -1.31. The van der Waals surface area contributed by atoms with Gasteiger partial charge in [-0.25, -0.2) is 9.97 Å². The van der Waals surface area contributed by atoms with Gasteiger partial charge in [-0.1, -0.05) is 16.7 Å². The van der Waals surface area contributed by atoms with Gasteiger partial charge in [0.15, 0.2) is 17.0 Å². The van der Waals surface area contributed by atoms with Crippen molar-refractivity contribution in [2.75, 3.05) is 7.05 Å². The predicted octanol–water partition coefficient (Wildman–Crippen LogP) is 0.816. The van der Waals surface area contributed by atoms with Gasteiger partial charge in [-0.15, -0.1) is 0 Å². The number of nitrogens with zero attached hydrogens (tertiary/aromatic N) is 7. The van der Waals surface area contributed by atoms with Crippen LogP contribution < -0.4 is 5.32 Å². The van der Waals surface area contributed by atoms with Gasteiger partial charge in [0.1, 0.15) is 23.8 Å². The number of halogens is 2. The maximum atomic E-state index is 11.9. The number of likely N-dealkylation sites (N-methyl/N-ethyl adjacent to an activating group) is 1. The van der Waals surface area contributed by atoms with Crippen molar-refractivity contribution in [3.63, 3.8) is 0 Å². The Morgan fingerprint density at radius 1 is 1.54 bits per heavy atom. The van der Waals surface area contributed by atoms with Crippen LogP contribution in [0.5, 0.6) is 0 Å². The highest BCUT2D eigenvalue weighted by Gasteiger charge is 2.48. The van der Waals surface area contributed by atoms with E-state index in [4.69, 9.17) is 33.5 Å². The first-order chi connectivity index (χ1) is 11.5. The molecule has 0 spiro atoms. The third-order valence-corrected chi connectivity index (χ3v) is 3.99. The van der Waals surface area contributed by atoms with Crippen LogP contribution >= 0.6 is 23.2 Å². The highest BCUT2D eigenvalue weighted by Crippen LogP contribution is 2.34. The lowest BCUT2D eigenvalue weighted by Crippen LogP contribution is -2.40. The summed E-state index contributed by atoms with van der Waals surface area (Å²) in [5.41, 5.74) is 9.12. The largest absolute Gasteiger partial charge is 0.388 e. The van der Waals surface area contributed by atoms with E-state index in [1.54, 1.807) is 0 Å². The molecule has 11 nitrogen and oxygen atoms in total. The van der Waals surface area contributed by atoms with Crippen molar-refractivity contribution in [2.45, 2.75) is 24.5 Å². The molecular formula is C11H10Cl2N8O3. The van der Waals surface area contributed by atoms with Crippen LogP contribution in [-0.4, -0.2) is 55.8 Å². The van der Waals surface area contributed by atoms with Gasteiger partial charge < -0.3 is 15.2 Å². The van der Waals surface area contributed by atoms with Crippen LogP contribution in [0.25, 0.3) is 21.6 Å². The Balaban J connectivity index is 2.06. The SMILES string of the molecule is CNC(=O)[C@H]1O[C@@H](n2cnc3c(Cl)nc(Cl)nc32)[C@H](O)[C@@H]1N=[N+]=[N-]. The summed E-state index contributed by atoms with van der Waals surface area (Å²) >= 11 is 11.7. The molecule has 1 amide bonds. The average molecular weight is 373 g/mol. The number of imidazole rings is 1. The number of amides is 1. The van der Waals surface area contributed by atoms with Gasteiger partial charge >= 0.3 is 0 Å². The van der Waals surface area contributed by atoms with Gasteiger partial charge in [0.2, 0.25) is 11.2 Å². The number of aliphatic hydroxyl groups excluding tert-OH is 1. The normalized spacial score (nSPS) is 26.3. The zero-order valence-corrected chi connectivity index (χ0v) is 13.5. The second-order valence-corrected chi connectivity index (χ2v) is 5.55. The number of hydrogen-bond acceptors (Lipinski definition) is 7. The summed E-state index contributed by atoms with van der Waals surface area (Å²) in [6.45, 7) is 0. The smallest absolute Gasteiger partial charge is 0.249 e. The highest BCUT2D eigenvalue weighted by atomic mass is 35.5. The maximum Gasteiger partial charge on any atom is 0.249 e. The Morgan fingerprint density at radius 3 is 2.96 bits per heavy atom. The first-order valence-corrected chi connectivity index (χ1v) is 7.38. The molecule has 4 atom stereocenters. The Bertz CT molecular complexity index is 851. The number of rotatable bonds is 3. The summed E-state index contributed by atoms with van der Waals surface area (Å²) in [6.07, 6.45) is -2.24. The van der Waals surface area contributed by atoms with E-state index in [2.05, 4.69) is 30.3 Å². The van der Waals surface area contributed by atoms with Gasteiger partial charge in [0.05, 0.1) is 6.33 Å². The van der Waals surface area contributed by atoms with E-state index >= 15 is 0 Å². The zero-order valence-electron chi connectivity index (χ0n) is 12.0. The molecule has 0 aliphatic carbocycles. The van der Waals surface area contributed by atoms with Gasteiger partial charge in [-0.2, -0.15) is 4.98 Å². The fraction of sp³-hybridized carbons (Fsp3) is 0.455. The van der Waals surface area contributed by atoms with Crippen LogP contribution in [0.1, 0.15) is 6.23 Å². The molecule has 2 N–H and O–H groups in total. The van der Waals surface area contributed by atoms with Crippen molar-refractivity contribution in [2.24, 2.45) is 5.11 Å². The fourth-order valence-electron chi connectivity index (χ4n) is 2.48. The summed E-state index contributed by atoms with van der Waals surface area (Å²) in [6, 6.07) is -1.12. The maximum absolute atomic E-state index is 11.9. The molecule has 13 heteroatoms. The van der Waals surface area contributed by atoms with Crippen LogP contribution in [0.3, 0.4) is 0 Å². The predicted molar refractivity (Wildman–Crippen MR) is 82.3 cm³/mol. The summed E-state index contributed by atoms with van der Waals surface area (Å²) in [5.74, 6) is -0.538. The lowest BCUT2D eigenvalue weighted by molar-refractivity contribution is -0.134. The standard InChI is InChI=1S/C11H10Cl2N8O3/c1-15-9(23)6-3(19-20-14)5(22)10(24-6)21-2-16-4-7(12)17-11(13)18-8(4)21/h2-3,5-6,10,22H,1H3,(H,15,23)/t3-,5+,6-,10+/m0/s1. The summed E-state index contributed by atoms with van der Waals surface area (Å²) in [5, 5.41) is 16.2. The molecule has 1 aliphatic rings. The number of ether oxygens (including phenoxy) is 1. The molecule has 126 valence electrons. The summed E-state index contributed by atoms with van der Waals surface area (Å²) in [7, 11) is 1.40. The molecule has 0 radical (unpaired) electrons. The number of fused-ring (bicyclic) bond motifs is 1. The van der Waals surface area contributed by atoms with E-state index in [0.29, 0.717) is 0 Å². The highest BCUT2D eigenvalue weighted by molar-refractivity contribution is 6.35. The van der Waals surface area contributed by atoms with E-state index in [1.165, 1.54) is 17.9 Å². The van der Waals surface area contributed by atoms with Gasteiger partial charge in [-0.3, -0.25) is 9.36 Å². The molecule has 1 saturated heterocycles. The molecule has 0 aromatic carbocycles. The van der Waals surface area contributed by atoms with Crippen molar-refractivity contribution in [3.8, 4) is 0 Å². The number of hydrogen-bond donors (Lipinski definition) is 2. The molecule has 0 bridgehead atoms.